The van der Waals surface area contributed by atoms with Gasteiger partial charge in [-0.05, 0) is 32.9 Å². The highest BCUT2D eigenvalue weighted by Crippen LogP contribution is 2.23. The van der Waals surface area contributed by atoms with E-state index < -0.39 is 0 Å². The van der Waals surface area contributed by atoms with Gasteiger partial charge in [0.25, 0.3) is 5.56 Å². The third-order valence-electron chi connectivity index (χ3n) is 4.99. The van der Waals surface area contributed by atoms with Gasteiger partial charge in [-0.15, -0.1) is 0 Å². The van der Waals surface area contributed by atoms with E-state index in [1.807, 2.05) is 74.1 Å². The number of nitrogens with one attached hydrogen (secondary N) is 1. The largest absolute Gasteiger partial charge is 0.334 e. The van der Waals surface area contributed by atoms with Crippen LogP contribution < -0.4 is 10.9 Å². The van der Waals surface area contributed by atoms with Gasteiger partial charge in [0.15, 0.2) is 0 Å². The second-order valence-electron chi connectivity index (χ2n) is 7.11. The fourth-order valence-electron chi connectivity index (χ4n) is 3.34. The molecule has 0 saturated heterocycles. The molecule has 0 spiro atoms. The zero-order valence-electron chi connectivity index (χ0n) is 17.0. The molecule has 0 unspecified atom stereocenters. The van der Waals surface area contributed by atoms with Gasteiger partial charge >= 0.3 is 0 Å². The van der Waals surface area contributed by atoms with Gasteiger partial charge in [0.1, 0.15) is 17.3 Å². The number of hydrogen-bond donors (Lipinski definition) is 1. The van der Waals surface area contributed by atoms with E-state index in [-0.39, 0.29) is 5.56 Å². The van der Waals surface area contributed by atoms with Gasteiger partial charge in [0, 0.05) is 18.7 Å². The molecular formula is C23H23N5O. The third kappa shape index (κ3) is 3.57. The van der Waals surface area contributed by atoms with E-state index in [0.29, 0.717) is 17.3 Å². The Bertz CT molecular complexity index is 1220. The van der Waals surface area contributed by atoms with Crippen molar-refractivity contribution in [2.75, 3.05) is 5.32 Å². The second-order valence-corrected chi connectivity index (χ2v) is 7.11. The lowest BCUT2D eigenvalue weighted by molar-refractivity contribution is 0.630. The van der Waals surface area contributed by atoms with Crippen LogP contribution in [0.3, 0.4) is 0 Å². The van der Waals surface area contributed by atoms with Crippen molar-refractivity contribution >= 4 is 11.5 Å². The monoisotopic (exact) mass is 385 g/mol. The van der Waals surface area contributed by atoms with Gasteiger partial charge in [-0.1, -0.05) is 48.0 Å². The maximum Gasteiger partial charge on any atom is 0.295 e. The topological polar surface area (TPSA) is 64.7 Å². The van der Waals surface area contributed by atoms with Crippen LogP contribution in [0.25, 0.3) is 16.9 Å². The Labute approximate surface area is 169 Å². The first kappa shape index (κ1) is 18.7. The van der Waals surface area contributed by atoms with Gasteiger partial charge in [-0.3, -0.25) is 9.48 Å². The summed E-state index contributed by atoms with van der Waals surface area (Å²) in [6.07, 6.45) is 0. The molecule has 0 aliphatic heterocycles. The number of nitrogens with zero attached hydrogens (tertiary/aromatic N) is 4. The Morgan fingerprint density at radius 2 is 1.59 bits per heavy atom. The highest BCUT2D eigenvalue weighted by molar-refractivity contribution is 5.66. The van der Waals surface area contributed by atoms with E-state index in [9.17, 15) is 4.79 Å². The number of benzene rings is 2. The summed E-state index contributed by atoms with van der Waals surface area (Å²) in [5.74, 6) is 1.24. The van der Waals surface area contributed by atoms with E-state index in [4.69, 9.17) is 0 Å². The molecule has 0 fully saturated rings. The highest BCUT2D eigenvalue weighted by atomic mass is 16.1. The molecule has 0 aliphatic rings. The lowest BCUT2D eigenvalue weighted by Gasteiger charge is -2.08. The molecule has 2 aromatic carbocycles. The Balaban J connectivity index is 1.75. The summed E-state index contributed by atoms with van der Waals surface area (Å²) >= 11 is 0. The van der Waals surface area contributed by atoms with Crippen molar-refractivity contribution in [3.05, 3.63) is 88.1 Å². The SMILES string of the molecule is Cc1ccc(-c2cc(Nc3c(C)n(C)n(-c4ccccc4)c3=O)nc(C)n2)cc1. The summed E-state index contributed by atoms with van der Waals surface area (Å²) in [6, 6.07) is 19.6. The molecule has 0 saturated carbocycles. The number of hydrogen-bond acceptors (Lipinski definition) is 4. The molecule has 6 heteroatoms. The van der Waals surface area contributed by atoms with Crippen LogP contribution in [0.15, 0.2) is 65.5 Å². The minimum atomic E-state index is -0.121. The number of anilines is 2. The quantitative estimate of drug-likeness (QED) is 0.569. The summed E-state index contributed by atoms with van der Waals surface area (Å²) in [6.45, 7) is 5.82. The third-order valence-corrected chi connectivity index (χ3v) is 4.99. The van der Waals surface area contributed by atoms with Gasteiger partial charge in [-0.25, -0.2) is 14.6 Å². The lowest BCUT2D eigenvalue weighted by Crippen LogP contribution is -2.20. The smallest absolute Gasteiger partial charge is 0.295 e. The van der Waals surface area contributed by atoms with E-state index in [2.05, 4.69) is 34.3 Å². The maximum atomic E-state index is 13.1. The Kier molecular flexibility index (Phi) is 4.76. The molecule has 6 nitrogen and oxygen atoms in total. The second kappa shape index (κ2) is 7.39. The van der Waals surface area contributed by atoms with Crippen molar-refractivity contribution in [2.24, 2.45) is 7.05 Å². The van der Waals surface area contributed by atoms with E-state index in [0.717, 1.165) is 22.6 Å². The van der Waals surface area contributed by atoms with E-state index in [1.165, 1.54) is 5.56 Å². The zero-order valence-corrected chi connectivity index (χ0v) is 17.0. The molecule has 0 amide bonds. The molecule has 1 N–H and O–H groups in total. The summed E-state index contributed by atoms with van der Waals surface area (Å²) in [7, 11) is 1.87. The van der Waals surface area contributed by atoms with Crippen molar-refractivity contribution in [1.29, 1.82) is 0 Å². The first-order valence-corrected chi connectivity index (χ1v) is 9.48. The fraction of sp³-hybridized carbons (Fsp3) is 0.174. The predicted molar refractivity (Wildman–Crippen MR) is 116 cm³/mol. The summed E-state index contributed by atoms with van der Waals surface area (Å²) < 4.78 is 3.49. The molecule has 2 aromatic heterocycles. The van der Waals surface area contributed by atoms with Crippen molar-refractivity contribution < 1.29 is 0 Å². The Morgan fingerprint density at radius 3 is 2.28 bits per heavy atom. The minimum absolute atomic E-state index is 0.121. The molecule has 0 aliphatic carbocycles. The van der Waals surface area contributed by atoms with Crippen LogP contribution in [0.1, 0.15) is 17.1 Å². The van der Waals surface area contributed by atoms with Gasteiger partial charge in [-0.2, -0.15) is 0 Å². The summed E-state index contributed by atoms with van der Waals surface area (Å²) in [5, 5.41) is 3.23. The molecule has 4 aromatic rings. The molecule has 2 heterocycles. The normalized spacial score (nSPS) is 10.9. The number of rotatable bonds is 4. The molecule has 0 bridgehead atoms. The first-order valence-electron chi connectivity index (χ1n) is 9.48. The predicted octanol–water partition coefficient (Wildman–Crippen LogP) is 4.30. The Hall–Kier alpha value is -3.67. The van der Waals surface area contributed by atoms with Crippen LogP contribution in [-0.4, -0.2) is 19.3 Å². The average Bonchev–Trinajstić information content (AvgIpc) is 2.92. The minimum Gasteiger partial charge on any atom is -0.334 e. The average molecular weight is 385 g/mol. The van der Waals surface area contributed by atoms with Crippen LogP contribution in [0.4, 0.5) is 11.5 Å². The van der Waals surface area contributed by atoms with Crippen molar-refractivity contribution in [2.45, 2.75) is 20.8 Å². The van der Waals surface area contributed by atoms with Crippen molar-refractivity contribution in [3.63, 3.8) is 0 Å². The van der Waals surface area contributed by atoms with Crippen molar-refractivity contribution in [3.8, 4) is 16.9 Å². The zero-order chi connectivity index (χ0) is 20.5. The van der Waals surface area contributed by atoms with Crippen LogP contribution in [0.5, 0.6) is 0 Å². The first-order chi connectivity index (χ1) is 13.9. The highest BCUT2D eigenvalue weighted by Gasteiger charge is 2.17. The number of para-hydroxylation sites is 1. The van der Waals surface area contributed by atoms with Gasteiger partial charge < -0.3 is 5.32 Å². The summed E-state index contributed by atoms with van der Waals surface area (Å²) in [4.78, 5) is 22.2. The van der Waals surface area contributed by atoms with Crippen LogP contribution >= 0.6 is 0 Å². The number of aromatic nitrogens is 4. The molecule has 0 radical (unpaired) electrons. The fourth-order valence-corrected chi connectivity index (χ4v) is 3.34. The summed E-state index contributed by atoms with van der Waals surface area (Å²) in [5.41, 5.74) is 5.04. The van der Waals surface area contributed by atoms with E-state index in [1.54, 1.807) is 4.68 Å². The standard InChI is InChI=1S/C23H23N5O/c1-15-10-12-18(13-11-15)20-14-21(25-17(3)24-20)26-22-16(2)27(4)28(23(22)29)19-8-6-5-7-9-19/h5-14H,1-4H3,(H,24,25,26). The van der Waals surface area contributed by atoms with Gasteiger partial charge in [0.2, 0.25) is 0 Å². The maximum absolute atomic E-state index is 13.1. The van der Waals surface area contributed by atoms with Gasteiger partial charge in [0.05, 0.1) is 17.1 Å². The van der Waals surface area contributed by atoms with Crippen LogP contribution in [-0.2, 0) is 7.05 Å². The molecule has 4 rings (SSSR count). The molecule has 146 valence electrons. The van der Waals surface area contributed by atoms with Crippen LogP contribution in [0, 0.1) is 20.8 Å². The molecular weight excluding hydrogens is 362 g/mol. The Morgan fingerprint density at radius 1 is 0.897 bits per heavy atom. The van der Waals surface area contributed by atoms with Crippen LogP contribution in [0.2, 0.25) is 0 Å². The molecule has 0 atom stereocenters. The van der Waals surface area contributed by atoms with E-state index >= 15 is 0 Å². The molecule has 29 heavy (non-hydrogen) atoms. The number of aryl methyl sites for hydroxylation is 2. The van der Waals surface area contributed by atoms with Crippen molar-refractivity contribution in [1.82, 2.24) is 19.3 Å². The lowest BCUT2D eigenvalue weighted by atomic mass is 10.1.